The average molecular weight is 277 g/mol. The predicted octanol–water partition coefficient (Wildman–Crippen LogP) is 2.51. The minimum atomic E-state index is 0.417. The third kappa shape index (κ3) is 3.07. The molecule has 4 heteroatoms. The van der Waals surface area contributed by atoms with Crippen LogP contribution in [0.4, 0.5) is 0 Å². The third-order valence-corrected chi connectivity index (χ3v) is 4.15. The molecule has 1 saturated carbocycles. The van der Waals surface area contributed by atoms with E-state index in [1.165, 1.54) is 12.0 Å². The van der Waals surface area contributed by atoms with Crippen molar-refractivity contribution in [1.29, 1.82) is 0 Å². The second-order valence-electron chi connectivity index (χ2n) is 5.54. The Balaban J connectivity index is 1.63. The number of ether oxygens (including phenoxy) is 3. The smallest absolute Gasteiger partial charge is 0.165 e. The fourth-order valence-electron chi connectivity index (χ4n) is 2.99. The lowest BCUT2D eigenvalue weighted by Crippen LogP contribution is -2.26. The van der Waals surface area contributed by atoms with Gasteiger partial charge in [0.1, 0.15) is 0 Å². The van der Waals surface area contributed by atoms with E-state index in [1.807, 2.05) is 12.1 Å². The molecular weight excluding hydrogens is 254 g/mol. The van der Waals surface area contributed by atoms with Gasteiger partial charge in [0.05, 0.1) is 19.3 Å². The van der Waals surface area contributed by atoms with E-state index in [4.69, 9.17) is 14.2 Å². The summed E-state index contributed by atoms with van der Waals surface area (Å²) in [5.41, 5.74) is 1.19. The first-order valence-corrected chi connectivity index (χ1v) is 7.50. The Hall–Kier alpha value is -1.26. The first kappa shape index (κ1) is 13.7. The molecule has 0 saturated heterocycles. The van der Waals surface area contributed by atoms with Crippen molar-refractivity contribution in [2.24, 2.45) is 0 Å². The SMILES string of the molecule is COC1CCC(NCc2cccc3c2OCCCO3)C1. The Labute approximate surface area is 120 Å². The van der Waals surface area contributed by atoms with E-state index < -0.39 is 0 Å². The Morgan fingerprint density at radius 1 is 1.25 bits per heavy atom. The Bertz CT molecular complexity index is 449. The molecule has 0 aromatic heterocycles. The molecule has 3 rings (SSSR count). The van der Waals surface area contributed by atoms with Crippen LogP contribution in [-0.2, 0) is 11.3 Å². The van der Waals surface area contributed by atoms with Crippen LogP contribution in [0.25, 0.3) is 0 Å². The molecule has 1 N–H and O–H groups in total. The van der Waals surface area contributed by atoms with Crippen molar-refractivity contribution < 1.29 is 14.2 Å². The van der Waals surface area contributed by atoms with Gasteiger partial charge in [0.15, 0.2) is 11.5 Å². The van der Waals surface area contributed by atoms with Gasteiger partial charge in [-0.3, -0.25) is 0 Å². The fourth-order valence-corrected chi connectivity index (χ4v) is 2.99. The summed E-state index contributed by atoms with van der Waals surface area (Å²) in [6.45, 7) is 2.30. The lowest BCUT2D eigenvalue weighted by molar-refractivity contribution is 0.107. The number of hydrogen-bond acceptors (Lipinski definition) is 4. The second kappa shape index (κ2) is 6.46. The molecular formula is C16H23NO3. The van der Waals surface area contributed by atoms with E-state index in [9.17, 15) is 0 Å². The number of nitrogens with one attached hydrogen (secondary N) is 1. The van der Waals surface area contributed by atoms with Crippen molar-refractivity contribution in [2.45, 2.75) is 44.4 Å². The number of rotatable bonds is 4. The van der Waals surface area contributed by atoms with Crippen LogP contribution in [0.5, 0.6) is 11.5 Å². The Morgan fingerprint density at radius 3 is 3.00 bits per heavy atom. The maximum absolute atomic E-state index is 5.85. The monoisotopic (exact) mass is 277 g/mol. The van der Waals surface area contributed by atoms with E-state index in [-0.39, 0.29) is 0 Å². The van der Waals surface area contributed by atoms with Crippen LogP contribution >= 0.6 is 0 Å². The van der Waals surface area contributed by atoms with Gasteiger partial charge in [-0.15, -0.1) is 0 Å². The molecule has 2 aliphatic rings. The van der Waals surface area contributed by atoms with Crippen molar-refractivity contribution in [3.8, 4) is 11.5 Å². The number of methoxy groups -OCH3 is 1. The highest BCUT2D eigenvalue weighted by Gasteiger charge is 2.24. The zero-order valence-electron chi connectivity index (χ0n) is 12.1. The van der Waals surface area contributed by atoms with Gasteiger partial charge in [-0.1, -0.05) is 12.1 Å². The van der Waals surface area contributed by atoms with E-state index >= 15 is 0 Å². The molecule has 110 valence electrons. The summed E-state index contributed by atoms with van der Waals surface area (Å²) in [6, 6.07) is 6.68. The molecule has 4 nitrogen and oxygen atoms in total. The number of para-hydroxylation sites is 1. The summed E-state index contributed by atoms with van der Waals surface area (Å²) in [7, 11) is 1.80. The van der Waals surface area contributed by atoms with Crippen LogP contribution in [-0.4, -0.2) is 32.5 Å². The van der Waals surface area contributed by atoms with Gasteiger partial charge in [0, 0.05) is 31.7 Å². The van der Waals surface area contributed by atoms with Gasteiger partial charge >= 0.3 is 0 Å². The van der Waals surface area contributed by atoms with Crippen LogP contribution in [0, 0.1) is 0 Å². The van der Waals surface area contributed by atoms with Crippen molar-refractivity contribution in [3.05, 3.63) is 23.8 Å². The summed E-state index contributed by atoms with van der Waals surface area (Å²) in [5, 5.41) is 3.62. The van der Waals surface area contributed by atoms with Gasteiger partial charge in [0.2, 0.25) is 0 Å². The van der Waals surface area contributed by atoms with E-state index in [0.29, 0.717) is 12.1 Å². The van der Waals surface area contributed by atoms with Crippen molar-refractivity contribution in [2.75, 3.05) is 20.3 Å². The Kier molecular flexibility index (Phi) is 4.43. The van der Waals surface area contributed by atoms with Crippen LogP contribution in [0.15, 0.2) is 18.2 Å². The molecule has 20 heavy (non-hydrogen) atoms. The molecule has 0 bridgehead atoms. The fraction of sp³-hybridized carbons (Fsp3) is 0.625. The average Bonchev–Trinajstić information content (AvgIpc) is 2.80. The first-order chi connectivity index (χ1) is 9.86. The highest BCUT2D eigenvalue weighted by Crippen LogP contribution is 2.33. The molecule has 1 heterocycles. The van der Waals surface area contributed by atoms with Crippen molar-refractivity contribution >= 4 is 0 Å². The summed E-state index contributed by atoms with van der Waals surface area (Å²) in [5.74, 6) is 1.79. The van der Waals surface area contributed by atoms with Crippen molar-refractivity contribution in [1.82, 2.24) is 5.32 Å². The summed E-state index contributed by atoms with van der Waals surface area (Å²) >= 11 is 0. The molecule has 2 atom stereocenters. The topological polar surface area (TPSA) is 39.7 Å². The minimum Gasteiger partial charge on any atom is -0.490 e. The lowest BCUT2D eigenvalue weighted by Gasteiger charge is -2.16. The molecule has 0 radical (unpaired) electrons. The molecule has 0 amide bonds. The third-order valence-electron chi connectivity index (χ3n) is 4.15. The van der Waals surface area contributed by atoms with Crippen molar-refractivity contribution in [3.63, 3.8) is 0 Å². The maximum atomic E-state index is 5.85. The zero-order chi connectivity index (χ0) is 13.8. The van der Waals surface area contributed by atoms with Gasteiger partial charge in [-0.25, -0.2) is 0 Å². The number of benzene rings is 1. The van der Waals surface area contributed by atoms with E-state index in [0.717, 1.165) is 50.5 Å². The molecule has 1 aliphatic heterocycles. The molecule has 1 aromatic carbocycles. The summed E-state index contributed by atoms with van der Waals surface area (Å²) < 4.78 is 17.0. The zero-order valence-corrected chi connectivity index (χ0v) is 12.1. The highest BCUT2D eigenvalue weighted by molar-refractivity contribution is 5.47. The van der Waals surface area contributed by atoms with Crippen LogP contribution in [0.1, 0.15) is 31.2 Å². The first-order valence-electron chi connectivity index (χ1n) is 7.50. The largest absolute Gasteiger partial charge is 0.490 e. The minimum absolute atomic E-state index is 0.417. The van der Waals surface area contributed by atoms with Crippen LogP contribution in [0.2, 0.25) is 0 Å². The quantitative estimate of drug-likeness (QED) is 0.918. The van der Waals surface area contributed by atoms with E-state index in [1.54, 1.807) is 7.11 Å². The Morgan fingerprint density at radius 2 is 2.15 bits per heavy atom. The summed E-state index contributed by atoms with van der Waals surface area (Å²) in [6.07, 6.45) is 4.80. The molecule has 2 unspecified atom stereocenters. The number of fused-ring (bicyclic) bond motifs is 1. The molecule has 1 fully saturated rings. The molecule has 1 aliphatic carbocycles. The lowest BCUT2D eigenvalue weighted by atomic mass is 10.1. The van der Waals surface area contributed by atoms with Gasteiger partial charge in [0.25, 0.3) is 0 Å². The van der Waals surface area contributed by atoms with E-state index in [2.05, 4.69) is 11.4 Å². The van der Waals surface area contributed by atoms with Crippen LogP contribution < -0.4 is 14.8 Å². The predicted molar refractivity (Wildman–Crippen MR) is 77.3 cm³/mol. The van der Waals surface area contributed by atoms with Gasteiger partial charge in [-0.2, -0.15) is 0 Å². The standard InChI is InChI=1S/C16H23NO3/c1-18-14-7-6-13(10-14)17-11-12-4-2-5-15-16(12)20-9-3-8-19-15/h2,4-5,13-14,17H,3,6-11H2,1H3. The second-order valence-corrected chi connectivity index (χ2v) is 5.54. The summed E-state index contributed by atoms with van der Waals surface area (Å²) in [4.78, 5) is 0. The molecule has 1 aromatic rings. The van der Waals surface area contributed by atoms with Gasteiger partial charge in [-0.05, 0) is 25.3 Å². The van der Waals surface area contributed by atoms with Gasteiger partial charge < -0.3 is 19.5 Å². The molecule has 0 spiro atoms. The normalized spacial score (nSPS) is 25.4. The number of hydrogen-bond donors (Lipinski definition) is 1. The highest BCUT2D eigenvalue weighted by atomic mass is 16.5. The maximum Gasteiger partial charge on any atom is 0.165 e. The van der Waals surface area contributed by atoms with Crippen LogP contribution in [0.3, 0.4) is 0 Å².